The van der Waals surface area contributed by atoms with Gasteiger partial charge in [-0.15, -0.1) is 0 Å². The summed E-state index contributed by atoms with van der Waals surface area (Å²) in [6, 6.07) is 7.57. The summed E-state index contributed by atoms with van der Waals surface area (Å²) < 4.78 is 0.873. The van der Waals surface area contributed by atoms with Crippen molar-refractivity contribution in [2.45, 2.75) is 18.4 Å². The molecular formula is C11H11BrN2O. The summed E-state index contributed by atoms with van der Waals surface area (Å²) in [6.07, 6.45) is 1.97. The second-order valence-electron chi connectivity index (χ2n) is 3.90. The molecule has 0 spiro atoms. The molecule has 0 heterocycles. The summed E-state index contributed by atoms with van der Waals surface area (Å²) in [4.78, 5) is 0. The van der Waals surface area contributed by atoms with Crippen LogP contribution in [-0.4, -0.2) is 17.3 Å². The zero-order chi connectivity index (χ0) is 10.9. The minimum absolute atomic E-state index is 0.140. The maximum absolute atomic E-state index is 9.17. The number of aliphatic hydroxyl groups is 1. The van der Waals surface area contributed by atoms with Crippen molar-refractivity contribution in [2.75, 3.05) is 11.9 Å². The van der Waals surface area contributed by atoms with Gasteiger partial charge in [0.2, 0.25) is 0 Å². The van der Waals surface area contributed by atoms with Crippen LogP contribution in [0.2, 0.25) is 0 Å². The number of nitrogens with one attached hydrogen (secondary N) is 1. The van der Waals surface area contributed by atoms with Gasteiger partial charge in [-0.2, -0.15) is 5.26 Å². The molecule has 1 aliphatic carbocycles. The Hall–Kier alpha value is -1.05. The van der Waals surface area contributed by atoms with E-state index in [4.69, 9.17) is 5.26 Å². The second kappa shape index (κ2) is 3.84. The molecule has 0 bridgehead atoms. The summed E-state index contributed by atoms with van der Waals surface area (Å²) in [7, 11) is 0. The Labute approximate surface area is 96.9 Å². The number of anilines is 1. The Morgan fingerprint density at radius 3 is 2.73 bits per heavy atom. The summed E-state index contributed by atoms with van der Waals surface area (Å²) in [6.45, 7) is 0.140. The van der Waals surface area contributed by atoms with Crippen molar-refractivity contribution in [3.63, 3.8) is 0 Å². The number of aliphatic hydroxyl groups excluding tert-OH is 1. The van der Waals surface area contributed by atoms with Gasteiger partial charge < -0.3 is 10.4 Å². The zero-order valence-electron chi connectivity index (χ0n) is 8.13. The van der Waals surface area contributed by atoms with Crippen molar-refractivity contribution in [2.24, 2.45) is 0 Å². The third-order valence-electron chi connectivity index (χ3n) is 2.59. The van der Waals surface area contributed by atoms with Crippen LogP contribution in [-0.2, 0) is 0 Å². The van der Waals surface area contributed by atoms with Gasteiger partial charge in [0.15, 0.2) is 0 Å². The highest BCUT2D eigenvalue weighted by atomic mass is 79.9. The molecule has 4 heteroatoms. The van der Waals surface area contributed by atoms with E-state index in [9.17, 15) is 5.11 Å². The molecule has 78 valence electrons. The molecule has 1 saturated carbocycles. The normalized spacial score (nSPS) is 16.9. The molecule has 2 N–H and O–H groups in total. The maximum atomic E-state index is 9.17. The molecule has 1 aromatic carbocycles. The number of nitriles is 1. The summed E-state index contributed by atoms with van der Waals surface area (Å²) in [5.41, 5.74) is 1.35. The Morgan fingerprint density at radius 1 is 1.47 bits per heavy atom. The van der Waals surface area contributed by atoms with Gasteiger partial charge in [-0.05, 0) is 31.0 Å². The van der Waals surface area contributed by atoms with Gasteiger partial charge in [0.25, 0.3) is 0 Å². The molecule has 0 aliphatic heterocycles. The monoisotopic (exact) mass is 266 g/mol. The molecular weight excluding hydrogens is 256 g/mol. The van der Waals surface area contributed by atoms with Crippen LogP contribution >= 0.6 is 15.9 Å². The van der Waals surface area contributed by atoms with E-state index in [0.717, 1.165) is 23.0 Å². The summed E-state index contributed by atoms with van der Waals surface area (Å²) in [5, 5.41) is 21.2. The average molecular weight is 267 g/mol. The van der Waals surface area contributed by atoms with Crippen molar-refractivity contribution in [1.82, 2.24) is 0 Å². The first-order chi connectivity index (χ1) is 7.17. The van der Waals surface area contributed by atoms with Crippen LogP contribution < -0.4 is 5.32 Å². The van der Waals surface area contributed by atoms with E-state index in [2.05, 4.69) is 27.3 Å². The number of hydrogen-bond donors (Lipinski definition) is 2. The molecule has 15 heavy (non-hydrogen) atoms. The largest absolute Gasteiger partial charge is 0.394 e. The summed E-state index contributed by atoms with van der Waals surface area (Å²) >= 11 is 3.35. The predicted molar refractivity (Wildman–Crippen MR) is 61.5 cm³/mol. The second-order valence-corrected chi connectivity index (χ2v) is 4.82. The third-order valence-corrected chi connectivity index (χ3v) is 3.05. The van der Waals surface area contributed by atoms with Gasteiger partial charge >= 0.3 is 0 Å². The summed E-state index contributed by atoms with van der Waals surface area (Å²) in [5.74, 6) is 0. The lowest BCUT2D eigenvalue weighted by atomic mass is 10.2. The minimum Gasteiger partial charge on any atom is -0.394 e. The van der Waals surface area contributed by atoms with E-state index in [1.165, 1.54) is 0 Å². The standard InChI is InChI=1S/C11H11BrN2O/c12-9-3-8(6-13)4-10(5-9)14-11(7-15)1-2-11/h3-5,14-15H,1-2,7H2. The SMILES string of the molecule is N#Cc1cc(Br)cc(NC2(CO)CC2)c1. The third kappa shape index (κ3) is 2.31. The topological polar surface area (TPSA) is 56.0 Å². The lowest BCUT2D eigenvalue weighted by Gasteiger charge is -2.16. The first kappa shape index (κ1) is 10.5. The quantitative estimate of drug-likeness (QED) is 0.883. The Bertz CT molecular complexity index is 421. The predicted octanol–water partition coefficient (Wildman–Crippen LogP) is 2.26. The van der Waals surface area contributed by atoms with E-state index >= 15 is 0 Å². The van der Waals surface area contributed by atoms with Crippen LogP contribution in [0.5, 0.6) is 0 Å². The van der Waals surface area contributed by atoms with Crippen molar-refractivity contribution in [3.05, 3.63) is 28.2 Å². The molecule has 1 aliphatic rings. The Balaban J connectivity index is 2.22. The molecule has 0 amide bonds. The van der Waals surface area contributed by atoms with Gasteiger partial charge in [-0.3, -0.25) is 0 Å². The Morgan fingerprint density at radius 2 is 2.20 bits per heavy atom. The van der Waals surface area contributed by atoms with Crippen LogP contribution in [0, 0.1) is 11.3 Å². The Kier molecular flexibility index (Phi) is 2.68. The number of rotatable bonds is 3. The maximum Gasteiger partial charge on any atom is 0.0992 e. The molecule has 0 aromatic heterocycles. The number of halogens is 1. The van der Waals surface area contributed by atoms with Crippen molar-refractivity contribution < 1.29 is 5.11 Å². The fourth-order valence-corrected chi connectivity index (χ4v) is 2.00. The number of hydrogen-bond acceptors (Lipinski definition) is 3. The fourth-order valence-electron chi connectivity index (χ4n) is 1.51. The van der Waals surface area contributed by atoms with Crippen LogP contribution in [0.3, 0.4) is 0 Å². The van der Waals surface area contributed by atoms with E-state index in [1.807, 2.05) is 6.07 Å². The van der Waals surface area contributed by atoms with Gasteiger partial charge in [0, 0.05) is 10.2 Å². The number of benzene rings is 1. The van der Waals surface area contributed by atoms with E-state index < -0.39 is 0 Å². The van der Waals surface area contributed by atoms with Gasteiger partial charge in [0.05, 0.1) is 23.8 Å². The van der Waals surface area contributed by atoms with Crippen LogP contribution in [0.4, 0.5) is 5.69 Å². The average Bonchev–Trinajstić information content (AvgIpc) is 2.97. The molecule has 0 unspecified atom stereocenters. The lowest BCUT2D eigenvalue weighted by Crippen LogP contribution is -2.25. The molecule has 2 rings (SSSR count). The van der Waals surface area contributed by atoms with Crippen molar-refractivity contribution in [1.29, 1.82) is 5.26 Å². The highest BCUT2D eigenvalue weighted by Crippen LogP contribution is 2.38. The molecule has 3 nitrogen and oxygen atoms in total. The minimum atomic E-state index is -0.145. The molecule has 0 atom stereocenters. The first-order valence-electron chi connectivity index (χ1n) is 4.77. The van der Waals surface area contributed by atoms with Crippen LogP contribution in [0.15, 0.2) is 22.7 Å². The van der Waals surface area contributed by atoms with Gasteiger partial charge in [-0.1, -0.05) is 15.9 Å². The van der Waals surface area contributed by atoms with E-state index in [0.29, 0.717) is 5.56 Å². The van der Waals surface area contributed by atoms with Crippen molar-refractivity contribution in [3.8, 4) is 6.07 Å². The van der Waals surface area contributed by atoms with Crippen LogP contribution in [0.25, 0.3) is 0 Å². The lowest BCUT2D eigenvalue weighted by molar-refractivity contribution is 0.266. The van der Waals surface area contributed by atoms with E-state index in [-0.39, 0.29) is 12.1 Å². The van der Waals surface area contributed by atoms with Gasteiger partial charge in [0.1, 0.15) is 0 Å². The van der Waals surface area contributed by atoms with Crippen molar-refractivity contribution >= 4 is 21.6 Å². The first-order valence-corrected chi connectivity index (χ1v) is 5.56. The highest BCUT2D eigenvalue weighted by molar-refractivity contribution is 9.10. The smallest absolute Gasteiger partial charge is 0.0992 e. The highest BCUT2D eigenvalue weighted by Gasteiger charge is 2.41. The number of nitrogens with zero attached hydrogens (tertiary/aromatic N) is 1. The molecule has 1 aromatic rings. The fraction of sp³-hybridized carbons (Fsp3) is 0.364. The molecule has 0 radical (unpaired) electrons. The molecule has 1 fully saturated rings. The van der Waals surface area contributed by atoms with E-state index in [1.54, 1.807) is 12.1 Å². The van der Waals surface area contributed by atoms with Crippen LogP contribution in [0.1, 0.15) is 18.4 Å². The zero-order valence-corrected chi connectivity index (χ0v) is 9.71. The molecule has 0 saturated heterocycles. The van der Waals surface area contributed by atoms with Gasteiger partial charge in [-0.25, -0.2) is 0 Å².